The van der Waals surface area contributed by atoms with Crippen molar-refractivity contribution < 1.29 is 0 Å². The third kappa shape index (κ3) is 1.93. The first-order valence-corrected chi connectivity index (χ1v) is 3.88. The number of aryl methyl sites for hydroxylation is 1. The van der Waals surface area contributed by atoms with E-state index >= 15 is 0 Å². The second-order valence-electron chi connectivity index (χ2n) is 2.67. The molecule has 1 aromatic heterocycles. The van der Waals surface area contributed by atoms with Crippen molar-refractivity contribution in [1.82, 2.24) is 4.98 Å². The fourth-order valence-electron chi connectivity index (χ4n) is 0.951. The molecule has 1 rings (SSSR count). The van der Waals surface area contributed by atoms with Crippen LogP contribution in [0.4, 0.5) is 5.69 Å². The van der Waals surface area contributed by atoms with E-state index in [1.165, 1.54) is 5.69 Å². The maximum Gasteiger partial charge on any atom is 0.0397 e. The molecule has 0 unspecified atom stereocenters. The Morgan fingerprint density at radius 1 is 1.55 bits per heavy atom. The van der Waals surface area contributed by atoms with Crippen LogP contribution in [0.25, 0.3) is 0 Å². The molecule has 2 nitrogen and oxygen atoms in total. The van der Waals surface area contributed by atoms with Gasteiger partial charge in [-0.15, -0.1) is 0 Å². The van der Waals surface area contributed by atoms with Crippen molar-refractivity contribution in [2.45, 2.75) is 13.8 Å². The minimum Gasteiger partial charge on any atom is -0.375 e. The van der Waals surface area contributed by atoms with E-state index in [-0.39, 0.29) is 0 Å². The number of aromatic nitrogens is 1. The molecule has 2 heteroatoms. The average molecular weight is 150 g/mol. The Labute approximate surface area is 67.9 Å². The van der Waals surface area contributed by atoms with Gasteiger partial charge in [0.05, 0.1) is 0 Å². The van der Waals surface area contributed by atoms with E-state index in [0.29, 0.717) is 0 Å². The summed E-state index contributed by atoms with van der Waals surface area (Å²) in [5.74, 6) is 0. The van der Waals surface area contributed by atoms with Crippen LogP contribution in [0.15, 0.2) is 18.3 Å². The number of pyridine rings is 1. The molecule has 11 heavy (non-hydrogen) atoms. The lowest BCUT2D eigenvalue weighted by molar-refractivity contribution is 0.961. The van der Waals surface area contributed by atoms with Gasteiger partial charge in [-0.05, 0) is 26.0 Å². The van der Waals surface area contributed by atoms with Gasteiger partial charge in [-0.25, -0.2) is 0 Å². The normalized spacial score (nSPS) is 9.73. The zero-order valence-corrected chi connectivity index (χ0v) is 7.33. The van der Waals surface area contributed by atoms with Crippen LogP contribution in [0.5, 0.6) is 0 Å². The van der Waals surface area contributed by atoms with Crippen LogP contribution in [0.2, 0.25) is 0 Å². The van der Waals surface area contributed by atoms with Crippen molar-refractivity contribution in [3.8, 4) is 0 Å². The molecule has 0 amide bonds. The minimum atomic E-state index is 1.03. The lowest BCUT2D eigenvalue weighted by atomic mass is 10.3. The highest BCUT2D eigenvalue weighted by atomic mass is 15.1. The molecular formula is C9H14N2. The molecular weight excluding hydrogens is 136 g/mol. The zero-order chi connectivity index (χ0) is 8.27. The largest absolute Gasteiger partial charge is 0.375 e. The minimum absolute atomic E-state index is 1.03. The van der Waals surface area contributed by atoms with Gasteiger partial charge in [-0.2, -0.15) is 0 Å². The van der Waals surface area contributed by atoms with E-state index in [4.69, 9.17) is 0 Å². The van der Waals surface area contributed by atoms with Crippen LogP contribution in [0.1, 0.15) is 12.6 Å². The van der Waals surface area contributed by atoms with Crippen molar-refractivity contribution in [3.05, 3.63) is 24.0 Å². The van der Waals surface area contributed by atoms with E-state index in [9.17, 15) is 0 Å². The van der Waals surface area contributed by atoms with E-state index < -0.39 is 0 Å². The first-order valence-electron chi connectivity index (χ1n) is 3.88. The smallest absolute Gasteiger partial charge is 0.0397 e. The maximum atomic E-state index is 4.13. The average Bonchev–Trinajstić information content (AvgIpc) is 2.03. The van der Waals surface area contributed by atoms with Crippen molar-refractivity contribution in [2.24, 2.45) is 0 Å². The van der Waals surface area contributed by atoms with Crippen molar-refractivity contribution >= 4 is 5.69 Å². The summed E-state index contributed by atoms with van der Waals surface area (Å²) in [5, 5.41) is 0. The Morgan fingerprint density at radius 2 is 2.27 bits per heavy atom. The third-order valence-electron chi connectivity index (χ3n) is 1.80. The summed E-state index contributed by atoms with van der Waals surface area (Å²) in [6.45, 7) is 5.17. The number of nitrogens with zero attached hydrogens (tertiary/aromatic N) is 2. The van der Waals surface area contributed by atoms with Gasteiger partial charge in [0, 0.05) is 31.2 Å². The molecule has 0 spiro atoms. The Morgan fingerprint density at radius 3 is 2.82 bits per heavy atom. The molecule has 0 fully saturated rings. The molecule has 0 radical (unpaired) electrons. The molecule has 0 aromatic carbocycles. The highest BCUT2D eigenvalue weighted by molar-refractivity contribution is 5.45. The predicted molar refractivity (Wildman–Crippen MR) is 47.9 cm³/mol. The Bertz CT molecular complexity index is 233. The van der Waals surface area contributed by atoms with Crippen molar-refractivity contribution in [1.29, 1.82) is 0 Å². The van der Waals surface area contributed by atoms with Crippen LogP contribution in [0.3, 0.4) is 0 Å². The number of anilines is 1. The lowest BCUT2D eigenvalue weighted by Crippen LogP contribution is -2.15. The van der Waals surface area contributed by atoms with Gasteiger partial charge in [0.15, 0.2) is 0 Å². The molecule has 1 aromatic rings. The fraction of sp³-hybridized carbons (Fsp3) is 0.444. The van der Waals surface area contributed by atoms with E-state index in [0.717, 1.165) is 12.2 Å². The topological polar surface area (TPSA) is 16.1 Å². The van der Waals surface area contributed by atoms with Gasteiger partial charge >= 0.3 is 0 Å². The second kappa shape index (κ2) is 3.37. The molecule has 0 N–H and O–H groups in total. The zero-order valence-electron chi connectivity index (χ0n) is 7.33. The van der Waals surface area contributed by atoms with E-state index in [1.54, 1.807) is 0 Å². The molecule has 60 valence electrons. The molecule has 0 aliphatic rings. The molecule has 0 atom stereocenters. The highest BCUT2D eigenvalue weighted by Crippen LogP contribution is 2.11. The van der Waals surface area contributed by atoms with E-state index in [2.05, 4.69) is 29.9 Å². The van der Waals surface area contributed by atoms with Crippen molar-refractivity contribution in [2.75, 3.05) is 18.5 Å². The summed E-state index contributed by atoms with van der Waals surface area (Å²) in [6.07, 6.45) is 1.84. The molecule has 0 saturated carbocycles. The van der Waals surface area contributed by atoms with Crippen molar-refractivity contribution in [3.63, 3.8) is 0 Å². The summed E-state index contributed by atoms with van der Waals surface area (Å²) < 4.78 is 0. The fourth-order valence-corrected chi connectivity index (χ4v) is 0.951. The first-order chi connectivity index (χ1) is 5.24. The van der Waals surface area contributed by atoms with Crippen LogP contribution < -0.4 is 4.90 Å². The van der Waals surface area contributed by atoms with Gasteiger partial charge in [-0.1, -0.05) is 0 Å². The van der Waals surface area contributed by atoms with Gasteiger partial charge in [0.2, 0.25) is 0 Å². The quantitative estimate of drug-likeness (QED) is 0.639. The van der Waals surface area contributed by atoms with Gasteiger partial charge in [0.25, 0.3) is 0 Å². The standard InChI is InChI=1S/C9H14N2/c1-4-11(3)9-5-6-10-8(2)7-9/h5-7H,4H2,1-3H3. The summed E-state index contributed by atoms with van der Waals surface area (Å²) >= 11 is 0. The summed E-state index contributed by atoms with van der Waals surface area (Å²) in [5.41, 5.74) is 2.31. The number of hydrogen-bond donors (Lipinski definition) is 0. The van der Waals surface area contributed by atoms with Crippen LogP contribution in [-0.4, -0.2) is 18.6 Å². The number of hydrogen-bond acceptors (Lipinski definition) is 2. The summed E-state index contributed by atoms with van der Waals surface area (Å²) in [7, 11) is 2.08. The van der Waals surface area contributed by atoms with Crippen LogP contribution in [-0.2, 0) is 0 Å². The predicted octanol–water partition coefficient (Wildman–Crippen LogP) is 1.85. The maximum absolute atomic E-state index is 4.13. The van der Waals surface area contributed by atoms with E-state index in [1.807, 2.05) is 19.2 Å². The highest BCUT2D eigenvalue weighted by Gasteiger charge is 1.96. The van der Waals surface area contributed by atoms with Crippen LogP contribution in [0, 0.1) is 6.92 Å². The van der Waals surface area contributed by atoms with Gasteiger partial charge < -0.3 is 4.90 Å². The lowest BCUT2D eigenvalue weighted by Gasteiger charge is -2.16. The number of rotatable bonds is 2. The summed E-state index contributed by atoms with van der Waals surface area (Å²) in [6, 6.07) is 4.11. The Balaban J connectivity index is 2.86. The third-order valence-corrected chi connectivity index (χ3v) is 1.80. The van der Waals surface area contributed by atoms with Gasteiger partial charge in [-0.3, -0.25) is 4.98 Å². The monoisotopic (exact) mass is 150 g/mol. The first kappa shape index (κ1) is 8.05. The molecule has 1 heterocycles. The second-order valence-corrected chi connectivity index (χ2v) is 2.67. The molecule has 0 saturated heterocycles. The molecule has 0 aliphatic heterocycles. The molecule has 0 aliphatic carbocycles. The van der Waals surface area contributed by atoms with Gasteiger partial charge in [0.1, 0.15) is 0 Å². The Kier molecular flexibility index (Phi) is 2.47. The summed E-state index contributed by atoms with van der Waals surface area (Å²) in [4.78, 5) is 6.32. The SMILES string of the molecule is CCN(C)c1ccnc(C)c1. The van der Waals surface area contributed by atoms with Crippen LogP contribution >= 0.6 is 0 Å². The molecule has 0 bridgehead atoms. The Hall–Kier alpha value is -1.05.